The van der Waals surface area contributed by atoms with E-state index in [1.165, 1.54) is 0 Å². The molecule has 4 heteroatoms. The SMILES string of the molecule is CCCC(NC(Cc1cccc(Cl)c1)CC(C)C)C(=O)O. The number of aliphatic carboxylic acids is 1. The van der Waals surface area contributed by atoms with E-state index in [-0.39, 0.29) is 6.04 Å². The first kappa shape index (κ1) is 18.0. The number of carbonyl (C=O) groups is 1. The lowest BCUT2D eigenvalue weighted by Gasteiger charge is -2.25. The standard InChI is InChI=1S/C17H26ClNO2/c1-4-6-16(17(20)21)19-15(9-12(2)3)11-13-7-5-8-14(18)10-13/h5,7-8,10,12,15-16,19H,4,6,9,11H2,1-3H3,(H,20,21). The van der Waals surface area contributed by atoms with E-state index in [4.69, 9.17) is 11.6 Å². The fraction of sp³-hybridized carbons (Fsp3) is 0.588. The van der Waals surface area contributed by atoms with Crippen LogP contribution in [0.1, 0.15) is 45.6 Å². The van der Waals surface area contributed by atoms with Gasteiger partial charge >= 0.3 is 5.97 Å². The highest BCUT2D eigenvalue weighted by molar-refractivity contribution is 6.30. The molecule has 2 unspecified atom stereocenters. The van der Waals surface area contributed by atoms with Crippen LogP contribution in [0.5, 0.6) is 0 Å². The molecule has 0 aliphatic carbocycles. The van der Waals surface area contributed by atoms with Gasteiger partial charge in [-0.2, -0.15) is 0 Å². The first-order valence-electron chi connectivity index (χ1n) is 7.65. The van der Waals surface area contributed by atoms with Crippen molar-refractivity contribution in [2.24, 2.45) is 5.92 Å². The molecule has 0 bridgehead atoms. The van der Waals surface area contributed by atoms with Gasteiger partial charge in [0.2, 0.25) is 0 Å². The molecule has 1 rings (SSSR count). The number of hydrogen-bond acceptors (Lipinski definition) is 2. The third kappa shape index (κ3) is 6.96. The van der Waals surface area contributed by atoms with Gasteiger partial charge in [0, 0.05) is 11.1 Å². The molecule has 2 atom stereocenters. The van der Waals surface area contributed by atoms with E-state index < -0.39 is 12.0 Å². The number of carboxylic acid groups (broad SMARTS) is 1. The summed E-state index contributed by atoms with van der Waals surface area (Å²) >= 11 is 6.03. The monoisotopic (exact) mass is 311 g/mol. The fourth-order valence-electron chi connectivity index (χ4n) is 2.58. The van der Waals surface area contributed by atoms with Gasteiger partial charge in [-0.1, -0.05) is 50.9 Å². The summed E-state index contributed by atoms with van der Waals surface area (Å²) in [5.41, 5.74) is 1.14. The van der Waals surface area contributed by atoms with Crippen LogP contribution in [0.4, 0.5) is 0 Å². The first-order valence-corrected chi connectivity index (χ1v) is 8.03. The summed E-state index contributed by atoms with van der Waals surface area (Å²) in [7, 11) is 0. The maximum absolute atomic E-state index is 11.3. The molecule has 0 aliphatic rings. The maximum atomic E-state index is 11.3. The topological polar surface area (TPSA) is 49.3 Å². The van der Waals surface area contributed by atoms with Gasteiger partial charge in [0.1, 0.15) is 6.04 Å². The molecule has 3 nitrogen and oxygen atoms in total. The maximum Gasteiger partial charge on any atom is 0.320 e. The van der Waals surface area contributed by atoms with Crippen molar-refractivity contribution < 1.29 is 9.90 Å². The smallest absolute Gasteiger partial charge is 0.320 e. The summed E-state index contributed by atoms with van der Waals surface area (Å²) in [6.07, 6.45) is 3.25. The molecule has 1 aromatic rings. The minimum Gasteiger partial charge on any atom is -0.480 e. The van der Waals surface area contributed by atoms with Gasteiger partial charge in [-0.3, -0.25) is 4.79 Å². The normalized spacial score (nSPS) is 14.1. The van der Waals surface area contributed by atoms with E-state index >= 15 is 0 Å². The summed E-state index contributed by atoms with van der Waals surface area (Å²) in [6.45, 7) is 6.32. The van der Waals surface area contributed by atoms with Crippen LogP contribution in [-0.4, -0.2) is 23.2 Å². The second-order valence-electron chi connectivity index (χ2n) is 6.01. The Morgan fingerprint density at radius 2 is 2.10 bits per heavy atom. The van der Waals surface area contributed by atoms with Crippen molar-refractivity contribution in [3.8, 4) is 0 Å². The molecule has 118 valence electrons. The number of rotatable bonds is 9. The average molecular weight is 312 g/mol. The molecule has 0 spiro atoms. The van der Waals surface area contributed by atoms with Crippen LogP contribution < -0.4 is 5.32 Å². The van der Waals surface area contributed by atoms with Gasteiger partial charge in [0.25, 0.3) is 0 Å². The summed E-state index contributed by atoms with van der Waals surface area (Å²) < 4.78 is 0. The third-order valence-electron chi connectivity index (χ3n) is 3.44. The van der Waals surface area contributed by atoms with Crippen molar-refractivity contribution >= 4 is 17.6 Å². The highest BCUT2D eigenvalue weighted by Crippen LogP contribution is 2.16. The summed E-state index contributed by atoms with van der Waals surface area (Å²) in [5, 5.41) is 13.3. The highest BCUT2D eigenvalue weighted by Gasteiger charge is 2.21. The van der Waals surface area contributed by atoms with Gasteiger partial charge < -0.3 is 10.4 Å². The second kappa shape index (κ2) is 9.06. The molecule has 0 radical (unpaired) electrons. The predicted octanol–water partition coefficient (Wildman–Crippen LogP) is 4.14. The molecule has 0 fully saturated rings. The number of benzene rings is 1. The van der Waals surface area contributed by atoms with E-state index in [0.29, 0.717) is 12.3 Å². The number of nitrogens with one attached hydrogen (secondary N) is 1. The Bertz CT molecular complexity index is 448. The van der Waals surface area contributed by atoms with E-state index in [9.17, 15) is 9.90 Å². The molecule has 0 saturated heterocycles. The van der Waals surface area contributed by atoms with Crippen LogP contribution in [0.25, 0.3) is 0 Å². The molecule has 0 heterocycles. The molecular weight excluding hydrogens is 286 g/mol. The summed E-state index contributed by atoms with van der Waals surface area (Å²) in [6, 6.07) is 7.45. The summed E-state index contributed by atoms with van der Waals surface area (Å²) in [4.78, 5) is 11.3. The zero-order valence-corrected chi connectivity index (χ0v) is 13.9. The molecule has 0 amide bonds. The summed E-state index contributed by atoms with van der Waals surface area (Å²) in [5.74, 6) is -0.255. The average Bonchev–Trinajstić information content (AvgIpc) is 2.37. The van der Waals surface area contributed by atoms with Crippen LogP contribution >= 0.6 is 11.6 Å². The third-order valence-corrected chi connectivity index (χ3v) is 3.67. The lowest BCUT2D eigenvalue weighted by molar-refractivity contribution is -0.140. The van der Waals surface area contributed by atoms with Crippen molar-refractivity contribution in [1.29, 1.82) is 0 Å². The van der Waals surface area contributed by atoms with E-state index in [0.717, 1.165) is 29.8 Å². The van der Waals surface area contributed by atoms with Crippen LogP contribution in [0.2, 0.25) is 5.02 Å². The Balaban J connectivity index is 2.77. The highest BCUT2D eigenvalue weighted by atomic mass is 35.5. The first-order chi connectivity index (χ1) is 9.92. The molecule has 0 saturated carbocycles. The fourth-order valence-corrected chi connectivity index (χ4v) is 2.79. The van der Waals surface area contributed by atoms with Gasteiger partial charge in [-0.15, -0.1) is 0 Å². The molecule has 1 aromatic carbocycles. The van der Waals surface area contributed by atoms with E-state index in [1.807, 2.05) is 31.2 Å². The quantitative estimate of drug-likeness (QED) is 0.720. The Morgan fingerprint density at radius 1 is 1.38 bits per heavy atom. The lowest BCUT2D eigenvalue weighted by atomic mass is 9.96. The Labute approximate surface area is 132 Å². The second-order valence-corrected chi connectivity index (χ2v) is 6.44. The minimum atomic E-state index is -0.767. The van der Waals surface area contributed by atoms with Crippen molar-refractivity contribution in [2.45, 2.75) is 58.5 Å². The van der Waals surface area contributed by atoms with Gasteiger partial charge in [-0.05, 0) is 42.9 Å². The Morgan fingerprint density at radius 3 is 2.62 bits per heavy atom. The number of halogens is 1. The van der Waals surface area contributed by atoms with Gasteiger partial charge in [0.15, 0.2) is 0 Å². The van der Waals surface area contributed by atoms with Crippen LogP contribution in [0.3, 0.4) is 0 Å². The zero-order chi connectivity index (χ0) is 15.8. The molecule has 2 N–H and O–H groups in total. The van der Waals surface area contributed by atoms with Crippen molar-refractivity contribution in [3.05, 3.63) is 34.9 Å². The van der Waals surface area contributed by atoms with Crippen LogP contribution in [-0.2, 0) is 11.2 Å². The largest absolute Gasteiger partial charge is 0.480 e. The van der Waals surface area contributed by atoms with Crippen LogP contribution in [0, 0.1) is 5.92 Å². The van der Waals surface area contributed by atoms with Crippen molar-refractivity contribution in [2.75, 3.05) is 0 Å². The van der Waals surface area contributed by atoms with Gasteiger partial charge in [0.05, 0.1) is 0 Å². The zero-order valence-electron chi connectivity index (χ0n) is 13.1. The molecular formula is C17H26ClNO2. The van der Waals surface area contributed by atoms with Gasteiger partial charge in [-0.25, -0.2) is 0 Å². The Kier molecular flexibility index (Phi) is 7.76. The van der Waals surface area contributed by atoms with Crippen molar-refractivity contribution in [3.63, 3.8) is 0 Å². The predicted molar refractivity (Wildman–Crippen MR) is 87.9 cm³/mol. The number of hydrogen-bond donors (Lipinski definition) is 2. The van der Waals surface area contributed by atoms with E-state index in [2.05, 4.69) is 19.2 Å². The minimum absolute atomic E-state index is 0.149. The van der Waals surface area contributed by atoms with Crippen molar-refractivity contribution in [1.82, 2.24) is 5.32 Å². The molecule has 21 heavy (non-hydrogen) atoms. The van der Waals surface area contributed by atoms with Crippen LogP contribution in [0.15, 0.2) is 24.3 Å². The lowest BCUT2D eigenvalue weighted by Crippen LogP contribution is -2.44. The number of carboxylic acids is 1. The Hall–Kier alpha value is -1.06. The molecule has 0 aliphatic heterocycles. The molecule has 0 aromatic heterocycles. The van der Waals surface area contributed by atoms with E-state index in [1.54, 1.807) is 0 Å².